The highest BCUT2D eigenvalue weighted by molar-refractivity contribution is 7.14. The van der Waals surface area contributed by atoms with Crippen molar-refractivity contribution in [3.05, 3.63) is 47.1 Å². The number of anilines is 1. The lowest BCUT2D eigenvalue weighted by atomic mass is 10.2. The third-order valence-electron chi connectivity index (χ3n) is 4.28. The van der Waals surface area contributed by atoms with Gasteiger partial charge in [-0.05, 0) is 31.2 Å². The van der Waals surface area contributed by atoms with E-state index in [2.05, 4.69) is 25.0 Å². The van der Waals surface area contributed by atoms with Crippen LogP contribution in [0.2, 0.25) is 0 Å². The first-order valence-electron chi connectivity index (χ1n) is 8.24. The van der Waals surface area contributed by atoms with Crippen LogP contribution >= 0.6 is 11.3 Å². The van der Waals surface area contributed by atoms with Gasteiger partial charge in [-0.25, -0.2) is 14.4 Å². The van der Waals surface area contributed by atoms with Crippen molar-refractivity contribution in [2.75, 3.05) is 31.1 Å². The summed E-state index contributed by atoms with van der Waals surface area (Å²) in [4.78, 5) is 13.7. The van der Waals surface area contributed by atoms with Gasteiger partial charge in [0.25, 0.3) is 0 Å². The van der Waals surface area contributed by atoms with E-state index in [4.69, 9.17) is 4.98 Å². The topological polar surface area (TPSA) is 60.9 Å². The molecular formula is C17H19FN6S. The van der Waals surface area contributed by atoms with Crippen molar-refractivity contribution >= 4 is 16.5 Å². The van der Waals surface area contributed by atoms with Crippen molar-refractivity contribution in [2.45, 2.75) is 13.5 Å². The van der Waals surface area contributed by atoms with Crippen LogP contribution in [0.4, 0.5) is 9.52 Å². The minimum Gasteiger partial charge on any atom is -0.346 e. The molecule has 1 aromatic carbocycles. The predicted octanol–water partition coefficient (Wildman–Crippen LogP) is 2.70. The zero-order valence-electron chi connectivity index (χ0n) is 13.9. The van der Waals surface area contributed by atoms with Crippen LogP contribution in [0.3, 0.4) is 0 Å². The molecule has 0 bridgehead atoms. The summed E-state index contributed by atoms with van der Waals surface area (Å²) in [5.74, 6) is 1.47. The van der Waals surface area contributed by atoms with E-state index >= 15 is 0 Å². The fraction of sp³-hybridized carbons (Fsp3) is 0.353. The molecule has 1 saturated heterocycles. The van der Waals surface area contributed by atoms with Crippen LogP contribution in [0.5, 0.6) is 0 Å². The third kappa shape index (κ3) is 3.69. The number of piperazine rings is 1. The van der Waals surface area contributed by atoms with Gasteiger partial charge in [-0.3, -0.25) is 10.00 Å². The van der Waals surface area contributed by atoms with E-state index in [-0.39, 0.29) is 5.82 Å². The van der Waals surface area contributed by atoms with Crippen LogP contribution in [0.15, 0.2) is 29.6 Å². The lowest BCUT2D eigenvalue weighted by Gasteiger charge is -2.33. The molecule has 2 aromatic heterocycles. The molecule has 130 valence electrons. The molecule has 0 unspecified atom stereocenters. The number of aryl methyl sites for hydroxylation is 1. The summed E-state index contributed by atoms with van der Waals surface area (Å²) in [6.45, 7) is 6.46. The van der Waals surface area contributed by atoms with Gasteiger partial charge in [-0.15, -0.1) is 11.3 Å². The van der Waals surface area contributed by atoms with E-state index in [1.54, 1.807) is 23.5 Å². The van der Waals surface area contributed by atoms with E-state index in [0.29, 0.717) is 0 Å². The van der Waals surface area contributed by atoms with Gasteiger partial charge in [0.2, 0.25) is 0 Å². The number of H-pyrrole nitrogens is 1. The summed E-state index contributed by atoms with van der Waals surface area (Å²) in [6.07, 6.45) is 0. The van der Waals surface area contributed by atoms with Crippen molar-refractivity contribution in [2.24, 2.45) is 0 Å². The number of nitrogens with one attached hydrogen (secondary N) is 1. The highest BCUT2D eigenvalue weighted by atomic mass is 32.1. The van der Waals surface area contributed by atoms with E-state index < -0.39 is 0 Å². The molecule has 4 rings (SSSR count). The Bertz CT molecular complexity index is 835. The molecule has 1 N–H and O–H groups in total. The SMILES string of the molecule is Cc1nc(CN2CCN(c3nc(-c4ccc(F)cc4)cs3)CC2)n[nH]1. The number of halogens is 1. The summed E-state index contributed by atoms with van der Waals surface area (Å²) >= 11 is 1.64. The fourth-order valence-corrected chi connectivity index (χ4v) is 3.81. The second kappa shape index (κ2) is 6.89. The van der Waals surface area contributed by atoms with Crippen LogP contribution in [0.25, 0.3) is 11.3 Å². The molecular weight excluding hydrogens is 339 g/mol. The number of aromatic amines is 1. The number of rotatable bonds is 4. The smallest absolute Gasteiger partial charge is 0.185 e. The van der Waals surface area contributed by atoms with Gasteiger partial charge in [0.05, 0.1) is 12.2 Å². The summed E-state index contributed by atoms with van der Waals surface area (Å²) in [5, 5.41) is 10.1. The highest BCUT2D eigenvalue weighted by Crippen LogP contribution is 2.28. The first kappa shape index (κ1) is 16.2. The van der Waals surface area contributed by atoms with Crippen LogP contribution < -0.4 is 4.90 Å². The quantitative estimate of drug-likeness (QED) is 0.777. The molecule has 0 spiro atoms. The molecule has 3 aromatic rings. The number of benzene rings is 1. The normalized spacial score (nSPS) is 15.7. The predicted molar refractivity (Wildman–Crippen MR) is 96.1 cm³/mol. The Kier molecular flexibility index (Phi) is 4.46. The Balaban J connectivity index is 1.37. The Morgan fingerprint density at radius 3 is 2.56 bits per heavy atom. The molecule has 8 heteroatoms. The Hall–Kier alpha value is -2.32. The maximum Gasteiger partial charge on any atom is 0.185 e. The number of hydrogen-bond donors (Lipinski definition) is 1. The molecule has 1 aliphatic rings. The molecule has 0 amide bonds. The van der Waals surface area contributed by atoms with Gasteiger partial charge in [-0.2, -0.15) is 5.10 Å². The lowest BCUT2D eigenvalue weighted by molar-refractivity contribution is 0.244. The second-order valence-corrected chi connectivity index (χ2v) is 6.96. The van der Waals surface area contributed by atoms with E-state index in [0.717, 1.165) is 60.8 Å². The van der Waals surface area contributed by atoms with Crippen molar-refractivity contribution < 1.29 is 4.39 Å². The van der Waals surface area contributed by atoms with E-state index in [1.807, 2.05) is 12.3 Å². The minimum atomic E-state index is -0.225. The second-order valence-electron chi connectivity index (χ2n) is 6.12. The fourth-order valence-electron chi connectivity index (χ4n) is 2.92. The van der Waals surface area contributed by atoms with Crippen LogP contribution in [-0.2, 0) is 6.54 Å². The average molecular weight is 358 g/mol. The molecule has 3 heterocycles. The Labute approximate surface area is 149 Å². The third-order valence-corrected chi connectivity index (χ3v) is 5.18. The van der Waals surface area contributed by atoms with Crippen LogP contribution in [0, 0.1) is 12.7 Å². The number of aromatic nitrogens is 4. The van der Waals surface area contributed by atoms with Crippen LogP contribution in [-0.4, -0.2) is 51.2 Å². The molecule has 0 saturated carbocycles. The summed E-state index contributed by atoms with van der Waals surface area (Å²) in [7, 11) is 0. The standard InChI is InChI=1S/C17H19FN6S/c1-12-19-16(22-21-12)10-23-6-8-24(9-7-23)17-20-15(11-25-17)13-2-4-14(18)5-3-13/h2-5,11H,6-10H2,1H3,(H,19,21,22). The molecule has 0 atom stereocenters. The van der Waals surface area contributed by atoms with Crippen molar-refractivity contribution in [1.29, 1.82) is 0 Å². The van der Waals surface area contributed by atoms with Gasteiger partial charge in [-0.1, -0.05) is 0 Å². The first-order chi connectivity index (χ1) is 12.2. The van der Waals surface area contributed by atoms with Gasteiger partial charge in [0.1, 0.15) is 11.6 Å². The molecule has 1 aliphatic heterocycles. The van der Waals surface area contributed by atoms with E-state index in [1.165, 1.54) is 12.1 Å². The Morgan fingerprint density at radius 2 is 1.88 bits per heavy atom. The van der Waals surface area contributed by atoms with Gasteiger partial charge < -0.3 is 4.90 Å². The van der Waals surface area contributed by atoms with E-state index in [9.17, 15) is 4.39 Å². The maximum absolute atomic E-state index is 13.1. The van der Waals surface area contributed by atoms with Crippen LogP contribution in [0.1, 0.15) is 11.6 Å². The van der Waals surface area contributed by atoms with Crippen molar-refractivity contribution in [3.8, 4) is 11.3 Å². The minimum absolute atomic E-state index is 0.225. The summed E-state index contributed by atoms with van der Waals surface area (Å²) in [5.41, 5.74) is 1.85. The zero-order chi connectivity index (χ0) is 17.2. The monoisotopic (exact) mass is 358 g/mol. The molecule has 1 fully saturated rings. The zero-order valence-corrected chi connectivity index (χ0v) is 14.8. The summed E-state index contributed by atoms with van der Waals surface area (Å²) < 4.78 is 13.1. The number of thiazole rings is 1. The number of hydrogen-bond acceptors (Lipinski definition) is 6. The van der Waals surface area contributed by atoms with Gasteiger partial charge in [0.15, 0.2) is 11.0 Å². The number of nitrogens with zero attached hydrogens (tertiary/aromatic N) is 5. The van der Waals surface area contributed by atoms with Crippen molar-refractivity contribution in [1.82, 2.24) is 25.1 Å². The molecule has 0 radical (unpaired) electrons. The summed E-state index contributed by atoms with van der Waals surface area (Å²) in [6, 6.07) is 6.48. The maximum atomic E-state index is 13.1. The molecule has 25 heavy (non-hydrogen) atoms. The lowest BCUT2D eigenvalue weighted by Crippen LogP contribution is -2.46. The van der Waals surface area contributed by atoms with Crippen molar-refractivity contribution in [3.63, 3.8) is 0 Å². The molecule has 0 aliphatic carbocycles. The Morgan fingerprint density at radius 1 is 1.12 bits per heavy atom. The first-order valence-corrected chi connectivity index (χ1v) is 9.12. The largest absolute Gasteiger partial charge is 0.346 e. The average Bonchev–Trinajstić information content (AvgIpc) is 3.26. The molecule has 6 nitrogen and oxygen atoms in total. The van der Waals surface area contributed by atoms with Gasteiger partial charge >= 0.3 is 0 Å². The highest BCUT2D eigenvalue weighted by Gasteiger charge is 2.20. The van der Waals surface area contributed by atoms with Gasteiger partial charge in [0, 0.05) is 37.1 Å².